The SMILES string of the molecule is Cc1ccc(C(=O)N2CCC(c3ccc(C#N)cc3)CC2)cc1NC(=O)NCc1ccn(C)n1. The topological polar surface area (TPSA) is 103 Å². The number of amides is 3. The largest absolute Gasteiger partial charge is 0.339 e. The lowest BCUT2D eigenvalue weighted by Crippen LogP contribution is -2.38. The Morgan fingerprint density at radius 2 is 1.85 bits per heavy atom. The van der Waals surface area contributed by atoms with Crippen LogP contribution in [0.3, 0.4) is 0 Å². The molecular weight excluding hydrogens is 428 g/mol. The monoisotopic (exact) mass is 456 g/mol. The van der Waals surface area contributed by atoms with Gasteiger partial charge in [0.1, 0.15) is 0 Å². The number of nitrogens with one attached hydrogen (secondary N) is 2. The van der Waals surface area contributed by atoms with E-state index in [0.717, 1.165) is 24.1 Å². The summed E-state index contributed by atoms with van der Waals surface area (Å²) in [5.41, 5.74) is 4.68. The molecule has 8 heteroatoms. The molecule has 0 saturated carbocycles. The lowest BCUT2D eigenvalue weighted by Gasteiger charge is -2.32. The summed E-state index contributed by atoms with van der Waals surface area (Å²) < 4.78 is 1.68. The number of anilines is 1. The van der Waals surface area contributed by atoms with Gasteiger partial charge in [-0.05, 0) is 67.1 Å². The van der Waals surface area contributed by atoms with Crippen molar-refractivity contribution >= 4 is 17.6 Å². The third-order valence-electron chi connectivity index (χ3n) is 6.22. The Kier molecular flexibility index (Phi) is 6.93. The van der Waals surface area contributed by atoms with Crippen LogP contribution in [0, 0.1) is 18.3 Å². The number of rotatable bonds is 5. The van der Waals surface area contributed by atoms with Gasteiger partial charge >= 0.3 is 6.03 Å². The van der Waals surface area contributed by atoms with Crippen molar-refractivity contribution in [2.75, 3.05) is 18.4 Å². The van der Waals surface area contributed by atoms with Gasteiger partial charge in [0.2, 0.25) is 0 Å². The highest BCUT2D eigenvalue weighted by Gasteiger charge is 2.25. The first-order valence-electron chi connectivity index (χ1n) is 11.4. The molecule has 1 aliphatic rings. The molecule has 174 valence electrons. The summed E-state index contributed by atoms with van der Waals surface area (Å²) in [7, 11) is 1.82. The van der Waals surface area contributed by atoms with Crippen LogP contribution in [0.2, 0.25) is 0 Å². The molecule has 8 nitrogen and oxygen atoms in total. The second-order valence-corrected chi connectivity index (χ2v) is 8.62. The smallest absolute Gasteiger partial charge is 0.319 e. The second-order valence-electron chi connectivity index (χ2n) is 8.62. The first-order chi connectivity index (χ1) is 16.4. The minimum atomic E-state index is -0.346. The first-order valence-corrected chi connectivity index (χ1v) is 11.4. The Labute approximate surface area is 199 Å². The summed E-state index contributed by atoms with van der Waals surface area (Å²) in [6.45, 7) is 3.56. The zero-order chi connectivity index (χ0) is 24.1. The highest BCUT2D eigenvalue weighted by atomic mass is 16.2. The third kappa shape index (κ3) is 5.44. The van der Waals surface area contributed by atoms with Crippen LogP contribution >= 0.6 is 0 Å². The van der Waals surface area contributed by atoms with Crippen molar-refractivity contribution in [3.63, 3.8) is 0 Å². The van der Waals surface area contributed by atoms with Crippen LogP contribution in [0.4, 0.5) is 10.5 Å². The van der Waals surface area contributed by atoms with E-state index in [4.69, 9.17) is 5.26 Å². The normalized spacial score (nSPS) is 13.9. The van der Waals surface area contributed by atoms with Crippen LogP contribution in [0.15, 0.2) is 54.7 Å². The fourth-order valence-corrected chi connectivity index (χ4v) is 4.21. The molecule has 34 heavy (non-hydrogen) atoms. The van der Waals surface area contributed by atoms with E-state index in [-0.39, 0.29) is 11.9 Å². The quantitative estimate of drug-likeness (QED) is 0.607. The van der Waals surface area contributed by atoms with Gasteiger partial charge in [-0.1, -0.05) is 18.2 Å². The van der Waals surface area contributed by atoms with Crippen LogP contribution in [-0.4, -0.2) is 39.7 Å². The molecule has 0 aliphatic carbocycles. The van der Waals surface area contributed by atoms with Crippen LogP contribution in [0.5, 0.6) is 0 Å². The number of nitriles is 1. The molecule has 4 rings (SSSR count). The molecule has 0 unspecified atom stereocenters. The maximum atomic E-state index is 13.1. The van der Waals surface area contributed by atoms with Crippen molar-refractivity contribution in [3.8, 4) is 6.07 Å². The molecule has 0 radical (unpaired) electrons. The molecule has 0 atom stereocenters. The summed E-state index contributed by atoms with van der Waals surface area (Å²) >= 11 is 0. The zero-order valence-corrected chi connectivity index (χ0v) is 19.4. The predicted octanol–water partition coefficient (Wildman–Crippen LogP) is 3.94. The van der Waals surface area contributed by atoms with Gasteiger partial charge in [0.25, 0.3) is 5.91 Å². The number of hydrogen-bond donors (Lipinski definition) is 2. The zero-order valence-electron chi connectivity index (χ0n) is 19.4. The van der Waals surface area contributed by atoms with E-state index in [1.54, 1.807) is 16.8 Å². The molecule has 3 aromatic rings. The van der Waals surface area contributed by atoms with Crippen molar-refractivity contribution in [1.29, 1.82) is 5.26 Å². The number of nitrogens with zero attached hydrogens (tertiary/aromatic N) is 4. The van der Waals surface area contributed by atoms with Crippen molar-refractivity contribution in [2.24, 2.45) is 7.05 Å². The van der Waals surface area contributed by atoms with E-state index >= 15 is 0 Å². The van der Waals surface area contributed by atoms with E-state index in [0.29, 0.717) is 42.4 Å². The van der Waals surface area contributed by atoms with E-state index in [9.17, 15) is 9.59 Å². The Morgan fingerprint density at radius 3 is 2.50 bits per heavy atom. The highest BCUT2D eigenvalue weighted by molar-refractivity contribution is 5.97. The lowest BCUT2D eigenvalue weighted by atomic mass is 9.89. The number of aryl methyl sites for hydroxylation is 2. The number of likely N-dealkylation sites (tertiary alicyclic amines) is 1. The molecule has 2 aromatic carbocycles. The van der Waals surface area contributed by atoms with Gasteiger partial charge < -0.3 is 15.5 Å². The predicted molar refractivity (Wildman–Crippen MR) is 129 cm³/mol. The average molecular weight is 457 g/mol. The van der Waals surface area contributed by atoms with E-state index in [2.05, 4.69) is 21.8 Å². The molecule has 1 aromatic heterocycles. The minimum Gasteiger partial charge on any atom is -0.339 e. The lowest BCUT2D eigenvalue weighted by molar-refractivity contribution is 0.0713. The molecule has 2 N–H and O–H groups in total. The third-order valence-corrected chi connectivity index (χ3v) is 6.22. The number of benzene rings is 2. The van der Waals surface area contributed by atoms with Crippen molar-refractivity contribution < 1.29 is 9.59 Å². The number of piperidine rings is 1. The van der Waals surface area contributed by atoms with Crippen LogP contribution < -0.4 is 10.6 Å². The number of urea groups is 1. The Morgan fingerprint density at radius 1 is 1.12 bits per heavy atom. The Bertz CT molecular complexity index is 1220. The van der Waals surface area contributed by atoms with Gasteiger partial charge in [0.05, 0.1) is 23.9 Å². The van der Waals surface area contributed by atoms with Crippen molar-refractivity contribution in [2.45, 2.75) is 32.2 Å². The standard InChI is InChI=1S/C26H28N6O2/c1-18-3-6-22(15-24(18)29-26(34)28-17-23-11-12-31(2)30-23)25(33)32-13-9-21(10-14-32)20-7-4-19(16-27)5-8-20/h3-8,11-12,15,21H,9-10,13-14,17H2,1-2H3,(H2,28,29,34). The van der Waals surface area contributed by atoms with Crippen LogP contribution in [-0.2, 0) is 13.6 Å². The molecule has 3 amide bonds. The molecule has 1 fully saturated rings. The van der Waals surface area contributed by atoms with Gasteiger partial charge in [-0.15, -0.1) is 0 Å². The highest BCUT2D eigenvalue weighted by Crippen LogP contribution is 2.29. The van der Waals surface area contributed by atoms with Gasteiger partial charge in [0.15, 0.2) is 0 Å². The minimum absolute atomic E-state index is 0.0322. The molecular formula is C26H28N6O2. The van der Waals surface area contributed by atoms with Gasteiger partial charge in [-0.2, -0.15) is 10.4 Å². The number of carbonyl (C=O) groups is 2. The van der Waals surface area contributed by atoms with Gasteiger partial charge in [-0.25, -0.2) is 4.79 Å². The second kappa shape index (κ2) is 10.2. The summed E-state index contributed by atoms with van der Waals surface area (Å²) in [5, 5.41) is 18.9. The van der Waals surface area contributed by atoms with Crippen molar-refractivity contribution in [1.82, 2.24) is 20.0 Å². The summed E-state index contributed by atoms with van der Waals surface area (Å²) in [6.07, 6.45) is 3.58. The fraction of sp³-hybridized carbons (Fsp3) is 0.308. The summed E-state index contributed by atoms with van der Waals surface area (Å²) in [6, 6.07) is 16.8. The van der Waals surface area contributed by atoms with E-state index < -0.39 is 0 Å². The molecule has 1 saturated heterocycles. The van der Waals surface area contributed by atoms with Crippen LogP contribution in [0.25, 0.3) is 0 Å². The van der Waals surface area contributed by atoms with Crippen molar-refractivity contribution in [3.05, 3.63) is 82.7 Å². The van der Waals surface area contributed by atoms with E-state index in [1.165, 1.54) is 5.56 Å². The van der Waals surface area contributed by atoms with Gasteiger partial charge in [-0.3, -0.25) is 9.48 Å². The Balaban J connectivity index is 1.34. The Hall–Kier alpha value is -4.12. The summed E-state index contributed by atoms with van der Waals surface area (Å²) in [5.74, 6) is 0.352. The number of carbonyl (C=O) groups excluding carboxylic acids is 2. The first kappa shape index (κ1) is 23.1. The molecule has 0 bridgehead atoms. The van der Waals surface area contributed by atoms with E-state index in [1.807, 2.05) is 61.5 Å². The number of aromatic nitrogens is 2. The maximum absolute atomic E-state index is 13.1. The molecule has 1 aliphatic heterocycles. The summed E-state index contributed by atoms with van der Waals surface area (Å²) in [4.78, 5) is 27.4. The number of hydrogen-bond acceptors (Lipinski definition) is 4. The van der Waals surface area contributed by atoms with Gasteiger partial charge in [0, 0.05) is 37.6 Å². The maximum Gasteiger partial charge on any atom is 0.319 e. The average Bonchev–Trinajstić information content (AvgIpc) is 3.29. The fourth-order valence-electron chi connectivity index (χ4n) is 4.21. The molecule has 2 heterocycles. The van der Waals surface area contributed by atoms with Crippen LogP contribution in [0.1, 0.15) is 51.5 Å². The molecule has 0 spiro atoms.